The van der Waals surface area contributed by atoms with E-state index in [0.717, 1.165) is 5.22 Å². The number of rotatable bonds is 1. The molecule has 3 heteroatoms. The van der Waals surface area contributed by atoms with Gasteiger partial charge in [-0.3, -0.25) is 4.79 Å². The van der Waals surface area contributed by atoms with E-state index in [9.17, 15) is 4.79 Å². The van der Waals surface area contributed by atoms with Gasteiger partial charge in [0.05, 0.1) is 13.2 Å². The summed E-state index contributed by atoms with van der Waals surface area (Å²) in [4.78, 5) is 11.5. The van der Waals surface area contributed by atoms with Gasteiger partial charge >= 0.3 is 0 Å². The van der Waals surface area contributed by atoms with E-state index < -0.39 is 0 Å². The van der Waals surface area contributed by atoms with Crippen LogP contribution in [0.1, 0.15) is 6.42 Å². The SMILES string of the molecule is O=C1C=c2cc3ccc4ccccc4c3cc2=CC1.OCCO. The lowest BCUT2D eigenvalue weighted by molar-refractivity contribution is -0.112. The summed E-state index contributed by atoms with van der Waals surface area (Å²) in [6, 6.07) is 17.0. The summed E-state index contributed by atoms with van der Waals surface area (Å²) in [6.07, 6.45) is 4.30. The van der Waals surface area contributed by atoms with Gasteiger partial charge in [-0.1, -0.05) is 42.5 Å². The summed E-state index contributed by atoms with van der Waals surface area (Å²) in [5.41, 5.74) is 0. The van der Waals surface area contributed by atoms with Gasteiger partial charge in [0.1, 0.15) is 0 Å². The Morgan fingerprint density at radius 1 is 0.826 bits per heavy atom. The van der Waals surface area contributed by atoms with Crippen LogP contribution in [0.5, 0.6) is 0 Å². The van der Waals surface area contributed by atoms with Crippen molar-refractivity contribution in [3.8, 4) is 0 Å². The lowest BCUT2D eigenvalue weighted by Gasteiger charge is -2.06. The van der Waals surface area contributed by atoms with Crippen LogP contribution in [-0.4, -0.2) is 29.2 Å². The Balaban J connectivity index is 0.000000354. The third-order valence-corrected chi connectivity index (χ3v) is 3.89. The molecule has 0 amide bonds. The van der Waals surface area contributed by atoms with Crippen molar-refractivity contribution < 1.29 is 15.0 Å². The first kappa shape index (κ1) is 15.4. The zero-order valence-corrected chi connectivity index (χ0v) is 12.7. The maximum Gasteiger partial charge on any atom is 0.160 e. The van der Waals surface area contributed by atoms with Crippen LogP contribution in [0.25, 0.3) is 33.7 Å². The van der Waals surface area contributed by atoms with E-state index in [1.54, 1.807) is 6.08 Å². The van der Waals surface area contributed by atoms with E-state index in [-0.39, 0.29) is 19.0 Å². The fourth-order valence-corrected chi connectivity index (χ4v) is 2.83. The molecule has 0 aromatic heterocycles. The molecule has 0 heterocycles. The van der Waals surface area contributed by atoms with E-state index in [0.29, 0.717) is 6.42 Å². The molecule has 3 aromatic rings. The van der Waals surface area contributed by atoms with E-state index in [1.165, 1.54) is 26.8 Å². The second kappa shape index (κ2) is 6.73. The molecule has 1 aliphatic rings. The Kier molecular flexibility index (Phi) is 4.51. The van der Waals surface area contributed by atoms with Gasteiger partial charge in [0, 0.05) is 6.42 Å². The molecule has 3 nitrogen and oxygen atoms in total. The fraction of sp³-hybridized carbons (Fsp3) is 0.150. The van der Waals surface area contributed by atoms with Crippen LogP contribution in [0.2, 0.25) is 0 Å². The van der Waals surface area contributed by atoms with Crippen LogP contribution >= 0.6 is 0 Å². The van der Waals surface area contributed by atoms with E-state index in [1.807, 2.05) is 6.08 Å². The number of aliphatic hydroxyl groups excluding tert-OH is 2. The molecule has 23 heavy (non-hydrogen) atoms. The molecule has 0 unspecified atom stereocenters. The standard InChI is InChI=1S/C18H12O.C2H6O2/c19-16-8-7-13-11-18-14(9-15(13)10-16)6-5-12-3-1-2-4-17(12)18;3-1-2-4/h1-7,9-11H,8H2;3-4H,1-2H2. The lowest BCUT2D eigenvalue weighted by atomic mass is 9.98. The smallest absolute Gasteiger partial charge is 0.160 e. The van der Waals surface area contributed by atoms with Crippen molar-refractivity contribution in [2.75, 3.05) is 13.2 Å². The van der Waals surface area contributed by atoms with Crippen molar-refractivity contribution in [2.24, 2.45) is 0 Å². The van der Waals surface area contributed by atoms with Crippen LogP contribution in [0.4, 0.5) is 0 Å². The molecule has 4 rings (SSSR count). The molecule has 0 spiro atoms. The molecule has 0 atom stereocenters. The zero-order chi connectivity index (χ0) is 16.2. The van der Waals surface area contributed by atoms with Gasteiger partial charge in [0.25, 0.3) is 0 Å². The lowest BCUT2D eigenvalue weighted by Crippen LogP contribution is -2.28. The van der Waals surface area contributed by atoms with Crippen LogP contribution in [0.3, 0.4) is 0 Å². The molecule has 0 saturated carbocycles. The van der Waals surface area contributed by atoms with Gasteiger partial charge in [-0.2, -0.15) is 0 Å². The molecular formula is C20H18O3. The number of hydrogen-bond donors (Lipinski definition) is 2. The third kappa shape index (κ3) is 3.16. The number of Topliss-reactive ketones (excluding diaryl/α,β-unsaturated/α-hetero) is 1. The number of benzene rings is 3. The molecule has 0 fully saturated rings. The summed E-state index contributed by atoms with van der Waals surface area (Å²) in [7, 11) is 0. The zero-order valence-electron chi connectivity index (χ0n) is 12.7. The van der Waals surface area contributed by atoms with Crippen LogP contribution in [-0.2, 0) is 4.79 Å². The molecule has 0 bridgehead atoms. The van der Waals surface area contributed by atoms with E-state index >= 15 is 0 Å². The maximum absolute atomic E-state index is 11.5. The first-order chi connectivity index (χ1) is 11.2. The molecule has 2 N–H and O–H groups in total. The van der Waals surface area contributed by atoms with Crippen LogP contribution in [0, 0.1) is 0 Å². The quantitative estimate of drug-likeness (QED) is 0.670. The number of fused-ring (bicyclic) bond motifs is 4. The Labute approximate surface area is 133 Å². The second-order valence-corrected chi connectivity index (χ2v) is 5.46. The average molecular weight is 306 g/mol. The summed E-state index contributed by atoms with van der Waals surface area (Å²) >= 11 is 0. The Morgan fingerprint density at radius 2 is 1.57 bits per heavy atom. The van der Waals surface area contributed by atoms with Crippen LogP contribution < -0.4 is 10.4 Å². The Bertz CT molecular complexity index is 985. The highest BCUT2D eigenvalue weighted by Gasteiger charge is 2.05. The highest BCUT2D eigenvalue weighted by Crippen LogP contribution is 2.23. The largest absolute Gasteiger partial charge is 0.394 e. The van der Waals surface area contributed by atoms with Gasteiger partial charge in [-0.05, 0) is 50.2 Å². The second-order valence-electron chi connectivity index (χ2n) is 5.46. The molecule has 116 valence electrons. The fourth-order valence-electron chi connectivity index (χ4n) is 2.83. The molecular weight excluding hydrogens is 288 g/mol. The molecule has 0 saturated heterocycles. The minimum Gasteiger partial charge on any atom is -0.394 e. The van der Waals surface area contributed by atoms with Crippen molar-refractivity contribution in [3.05, 3.63) is 59.0 Å². The van der Waals surface area contributed by atoms with Crippen molar-refractivity contribution in [1.82, 2.24) is 0 Å². The Hall–Kier alpha value is -2.49. The minimum absolute atomic E-state index is 0.125. The molecule has 0 radical (unpaired) electrons. The van der Waals surface area contributed by atoms with Crippen molar-refractivity contribution in [2.45, 2.75) is 6.42 Å². The van der Waals surface area contributed by atoms with Gasteiger partial charge in [0.2, 0.25) is 0 Å². The van der Waals surface area contributed by atoms with Gasteiger partial charge in [-0.15, -0.1) is 0 Å². The van der Waals surface area contributed by atoms with Gasteiger partial charge < -0.3 is 10.2 Å². The summed E-state index contributed by atoms with van der Waals surface area (Å²) < 4.78 is 0. The summed E-state index contributed by atoms with van der Waals surface area (Å²) in [5, 5.41) is 22.4. The normalized spacial score (nSPS) is 12.9. The van der Waals surface area contributed by atoms with Crippen LogP contribution in [0.15, 0.2) is 48.5 Å². The predicted molar refractivity (Wildman–Crippen MR) is 93.4 cm³/mol. The number of ketones is 1. The summed E-state index contributed by atoms with van der Waals surface area (Å²) in [6.45, 7) is -0.250. The third-order valence-electron chi connectivity index (χ3n) is 3.89. The first-order valence-electron chi connectivity index (χ1n) is 7.61. The van der Waals surface area contributed by atoms with Gasteiger partial charge in [-0.25, -0.2) is 0 Å². The monoisotopic (exact) mass is 306 g/mol. The predicted octanol–water partition coefficient (Wildman–Crippen LogP) is 1.50. The highest BCUT2D eigenvalue weighted by atomic mass is 16.3. The number of carbonyl (C=O) groups is 1. The van der Waals surface area contributed by atoms with E-state index in [4.69, 9.17) is 10.2 Å². The van der Waals surface area contributed by atoms with E-state index in [2.05, 4.69) is 48.5 Å². The summed E-state index contributed by atoms with van der Waals surface area (Å²) in [5.74, 6) is 0.188. The average Bonchev–Trinajstić information content (AvgIpc) is 2.60. The van der Waals surface area contributed by atoms with Crippen molar-refractivity contribution >= 4 is 39.5 Å². The highest BCUT2D eigenvalue weighted by molar-refractivity contribution is 6.11. The Morgan fingerprint density at radius 3 is 2.35 bits per heavy atom. The molecule has 0 aliphatic heterocycles. The maximum atomic E-state index is 11.5. The molecule has 1 aliphatic carbocycles. The van der Waals surface area contributed by atoms with Crippen molar-refractivity contribution in [1.29, 1.82) is 0 Å². The van der Waals surface area contributed by atoms with Crippen molar-refractivity contribution in [3.63, 3.8) is 0 Å². The first-order valence-corrected chi connectivity index (χ1v) is 7.61. The number of carbonyl (C=O) groups excluding carboxylic acids is 1. The minimum atomic E-state index is -0.125. The molecule has 3 aromatic carbocycles. The number of hydrogen-bond acceptors (Lipinski definition) is 3. The number of aliphatic hydroxyl groups is 2. The topological polar surface area (TPSA) is 57.5 Å². The van der Waals surface area contributed by atoms with Gasteiger partial charge in [0.15, 0.2) is 5.78 Å².